The zero-order valence-electron chi connectivity index (χ0n) is 41.0. The molecule has 0 aromatic heterocycles. The zero-order valence-corrected chi connectivity index (χ0v) is 41.8. The number of nitrogens with zero attached hydrogens (tertiary/aromatic N) is 5. The topological polar surface area (TPSA) is 182 Å². The van der Waals surface area contributed by atoms with E-state index in [0.29, 0.717) is 55.7 Å². The number of unbranched alkanes of at least 4 members (excludes halogenated alkanes) is 3. The summed E-state index contributed by atoms with van der Waals surface area (Å²) in [6.07, 6.45) is 9.08. The van der Waals surface area contributed by atoms with E-state index in [1.165, 1.54) is 0 Å². The molecule has 0 radical (unpaired) electrons. The Kier molecular flexibility index (Phi) is 15.8. The van der Waals surface area contributed by atoms with E-state index < -0.39 is 56.6 Å². The summed E-state index contributed by atoms with van der Waals surface area (Å²) < 4.78 is 39.5. The van der Waals surface area contributed by atoms with E-state index in [1.54, 1.807) is 0 Å². The van der Waals surface area contributed by atoms with Gasteiger partial charge in [0.2, 0.25) is 17.5 Å². The summed E-state index contributed by atoms with van der Waals surface area (Å²) >= 11 is 0. The zero-order chi connectivity index (χ0) is 49.1. The van der Waals surface area contributed by atoms with Crippen molar-refractivity contribution in [2.45, 2.75) is 102 Å². The van der Waals surface area contributed by atoms with Crippen LogP contribution < -0.4 is 15.5 Å². The lowest BCUT2D eigenvalue weighted by Crippen LogP contribution is -2.55. The fraction of sp³-hybridized carbons (Fsp3) is 0.549. The molecular formula is C51H72N7O8S+. The highest BCUT2D eigenvalue weighted by Gasteiger charge is 2.49. The van der Waals surface area contributed by atoms with Crippen molar-refractivity contribution in [1.82, 2.24) is 20.4 Å². The van der Waals surface area contributed by atoms with Gasteiger partial charge in [0.1, 0.15) is 19.1 Å². The van der Waals surface area contributed by atoms with Crippen LogP contribution in [0.5, 0.6) is 0 Å². The Morgan fingerprint density at radius 1 is 0.955 bits per heavy atom. The highest BCUT2D eigenvalue weighted by Crippen LogP contribution is 2.50. The maximum absolute atomic E-state index is 14.9. The molecule has 2 atom stereocenters. The van der Waals surface area contributed by atoms with Gasteiger partial charge in [0.15, 0.2) is 11.5 Å². The number of carboxylic acids is 1. The lowest BCUT2D eigenvalue weighted by Gasteiger charge is -2.37. The summed E-state index contributed by atoms with van der Waals surface area (Å²) in [4.78, 5) is 59.9. The summed E-state index contributed by atoms with van der Waals surface area (Å²) in [6, 6.07) is 14.0. The standard InChI is InChI=1S/C51H71N7O8S/c1-50(2)37-20-12-14-22-40(37)55(6)43(50)32-35-46(36(47(35)61)33-44-51(3,4)38-21-13-15-23-41(38)56(44)28-17-18-31-58(7,8)9)57-29-19-24-42(57)49(63)53-39(34-67(64,65)66)48(62)52-26-30-54(5)27-16-10-11-25-45(59)60/h12-15,20-23,32-33,39,42H,10-11,16-19,24-31,34H2,1-9H3,(H2-2,52,53,59,60,62,63,64,65,66)/p+1/t39?,42-/m0/s1. The summed E-state index contributed by atoms with van der Waals surface area (Å²) in [5, 5.41) is 14.2. The van der Waals surface area contributed by atoms with Gasteiger partial charge in [-0.2, -0.15) is 4.58 Å². The molecule has 15 nitrogen and oxygen atoms in total. The number of nitrogens with one attached hydrogen (secondary N) is 2. The second-order valence-corrected chi connectivity index (χ2v) is 22.2. The number of aliphatic carboxylic acids is 1. The van der Waals surface area contributed by atoms with Gasteiger partial charge in [0, 0.05) is 72.7 Å². The molecule has 0 saturated carbocycles. The number of benzene rings is 2. The minimum Gasteiger partial charge on any atom is -0.748 e. The predicted octanol–water partition coefficient (Wildman–Crippen LogP) is 4.81. The minimum atomic E-state index is -4.95. The first-order chi connectivity index (χ1) is 31.4. The molecule has 2 amide bonds. The lowest BCUT2D eigenvalue weighted by atomic mass is 9.76. The molecule has 16 heteroatoms. The fourth-order valence-electron chi connectivity index (χ4n) is 10.2. The Hall–Kier alpha value is -5.16. The number of carboxylic acid groups (broad SMARTS) is 1. The third-order valence-corrected chi connectivity index (χ3v) is 14.6. The number of fused-ring (bicyclic) bond motifs is 2. The van der Waals surface area contributed by atoms with Gasteiger partial charge >= 0.3 is 5.97 Å². The largest absolute Gasteiger partial charge is 0.748 e. The highest BCUT2D eigenvalue weighted by molar-refractivity contribution is 7.85. The van der Waals surface area contributed by atoms with Crippen molar-refractivity contribution in [1.29, 1.82) is 0 Å². The molecule has 1 saturated heterocycles. The number of ketones is 1. The Morgan fingerprint density at radius 3 is 2.31 bits per heavy atom. The molecule has 3 heterocycles. The molecule has 2 aromatic carbocycles. The van der Waals surface area contributed by atoms with Crippen LogP contribution in [0.2, 0.25) is 0 Å². The molecule has 1 aliphatic carbocycles. The van der Waals surface area contributed by atoms with Crippen LogP contribution in [0.1, 0.15) is 90.2 Å². The molecule has 3 aliphatic heterocycles. The number of hydrogen-bond donors (Lipinski definition) is 3. The van der Waals surface area contributed by atoms with Crippen molar-refractivity contribution in [2.24, 2.45) is 0 Å². The average molecular weight is 943 g/mol. The van der Waals surface area contributed by atoms with Gasteiger partial charge in [-0.05, 0) is 83.7 Å². The number of carbonyl (C=O) groups excluding carboxylic acids is 3. The highest BCUT2D eigenvalue weighted by atomic mass is 32.2. The van der Waals surface area contributed by atoms with E-state index in [9.17, 15) is 32.1 Å². The molecule has 0 spiro atoms. The maximum Gasteiger partial charge on any atom is 0.303 e. The Bertz CT molecular complexity index is 2480. The van der Waals surface area contributed by atoms with Gasteiger partial charge in [-0.25, -0.2) is 8.42 Å². The molecular weight excluding hydrogens is 871 g/mol. The molecule has 4 aliphatic rings. The lowest BCUT2D eigenvalue weighted by molar-refractivity contribution is -0.870. The molecule has 67 heavy (non-hydrogen) atoms. The third-order valence-electron chi connectivity index (χ3n) is 13.8. The van der Waals surface area contributed by atoms with Gasteiger partial charge < -0.3 is 39.5 Å². The van der Waals surface area contributed by atoms with E-state index >= 15 is 0 Å². The van der Waals surface area contributed by atoms with Crippen LogP contribution in [0.15, 0.2) is 83.2 Å². The third kappa shape index (κ3) is 11.8. The van der Waals surface area contributed by atoms with Gasteiger partial charge in [-0.1, -0.05) is 56.7 Å². The van der Waals surface area contributed by atoms with E-state index in [1.807, 2.05) is 60.3 Å². The van der Waals surface area contributed by atoms with E-state index in [-0.39, 0.29) is 18.7 Å². The maximum atomic E-state index is 14.9. The van der Waals surface area contributed by atoms with Crippen LogP contribution in [-0.4, -0.2) is 159 Å². The van der Waals surface area contributed by atoms with Crippen molar-refractivity contribution in [3.8, 4) is 0 Å². The van der Waals surface area contributed by atoms with Crippen molar-refractivity contribution in [2.75, 3.05) is 85.2 Å². The minimum absolute atomic E-state index is 0.107. The van der Waals surface area contributed by atoms with E-state index in [2.05, 4.69) is 93.2 Å². The smallest absolute Gasteiger partial charge is 0.303 e. The van der Waals surface area contributed by atoms with Crippen LogP contribution in [0.4, 0.5) is 11.4 Å². The van der Waals surface area contributed by atoms with Crippen molar-refractivity contribution in [3.05, 3.63) is 94.4 Å². The summed E-state index contributed by atoms with van der Waals surface area (Å²) in [5.74, 6) is -3.50. The molecule has 6 rings (SSSR count). The Morgan fingerprint density at radius 2 is 1.64 bits per heavy atom. The van der Waals surface area contributed by atoms with Crippen LogP contribution >= 0.6 is 0 Å². The Balaban J connectivity index is 1.33. The monoisotopic (exact) mass is 943 g/mol. The first-order valence-electron chi connectivity index (χ1n) is 23.7. The number of likely N-dealkylation sites (N-methyl/N-ethyl adjacent to an activating group) is 1. The number of hydrogen-bond acceptors (Lipinski definition) is 10. The molecule has 2 aromatic rings. The summed E-state index contributed by atoms with van der Waals surface area (Å²) in [7, 11) is 5.47. The fourth-order valence-corrected chi connectivity index (χ4v) is 10.8. The quantitative estimate of drug-likeness (QED) is 0.0485. The van der Waals surface area contributed by atoms with Crippen LogP contribution in [0, 0.1) is 0 Å². The molecule has 1 unspecified atom stereocenters. The number of carbonyl (C=O) groups is 4. The Labute approximate surface area is 397 Å². The average Bonchev–Trinajstić information content (AvgIpc) is 3.86. The second-order valence-electron chi connectivity index (χ2n) is 20.7. The van der Waals surface area contributed by atoms with Crippen molar-refractivity contribution in [3.63, 3.8) is 0 Å². The number of rotatable bonds is 22. The molecule has 1 fully saturated rings. The van der Waals surface area contributed by atoms with Crippen LogP contribution in [-0.2, 0) is 40.1 Å². The van der Waals surface area contributed by atoms with Crippen LogP contribution in [0.3, 0.4) is 0 Å². The number of likely N-dealkylation sites (tertiary alicyclic amines) is 1. The molecule has 0 bridgehead atoms. The van der Waals surface area contributed by atoms with E-state index in [4.69, 9.17) is 5.11 Å². The van der Waals surface area contributed by atoms with Gasteiger partial charge in [-0.3, -0.25) is 19.2 Å². The van der Waals surface area contributed by atoms with E-state index in [0.717, 1.165) is 77.2 Å². The first-order valence-corrected chi connectivity index (χ1v) is 25.3. The van der Waals surface area contributed by atoms with Crippen molar-refractivity contribution < 1.29 is 46.3 Å². The molecule has 364 valence electrons. The normalized spacial score (nSPS) is 20.5. The second kappa shape index (κ2) is 20.6. The number of quaternary nitrogens is 1. The number of allylic oxidation sites excluding steroid dienone is 5. The van der Waals surface area contributed by atoms with Gasteiger partial charge in [0.05, 0.1) is 60.2 Å². The first kappa shape index (κ1) is 51.2. The summed E-state index contributed by atoms with van der Waals surface area (Å²) in [6.45, 7) is 12.0. The predicted molar refractivity (Wildman–Crippen MR) is 260 cm³/mol. The number of anilines is 1. The van der Waals surface area contributed by atoms with Crippen LogP contribution in [0.25, 0.3) is 0 Å². The van der Waals surface area contributed by atoms with Gasteiger partial charge in [0.25, 0.3) is 0 Å². The summed E-state index contributed by atoms with van der Waals surface area (Å²) in [5.41, 5.74) is 7.03. The molecule has 3 N–H and O–H groups in total. The van der Waals surface area contributed by atoms with Crippen molar-refractivity contribution >= 4 is 50.8 Å². The number of para-hydroxylation sites is 2. The number of amides is 2. The SMILES string of the molecule is CN(CCCCCC(=O)O)CCNC(=O)C(CS(=O)(=O)[O-])NC(=O)[C@@H]1CCCN1C1=C(/C=C2/N(CCCC[N+](C)(C)C)c3ccccc3C2(C)C)C(=O)/C1=C\C1=[N+](C)c2ccccc2C1(C)C. The number of Topliss-reactive ketones (excluding diaryl/α,β-unsaturated/α-hetero) is 1. The van der Waals surface area contributed by atoms with Gasteiger partial charge in [-0.15, -0.1) is 0 Å².